The van der Waals surface area contributed by atoms with Crippen molar-refractivity contribution in [2.45, 2.75) is 18.9 Å². The number of piperidine rings is 1. The summed E-state index contributed by atoms with van der Waals surface area (Å²) in [5.41, 5.74) is 0.848. The van der Waals surface area contributed by atoms with Crippen LogP contribution in [0, 0.1) is 0 Å². The van der Waals surface area contributed by atoms with Gasteiger partial charge in [-0.15, -0.1) is 0 Å². The fraction of sp³-hybridized carbons (Fsp3) is 0.450. The van der Waals surface area contributed by atoms with E-state index in [1.165, 1.54) is 6.07 Å². The Morgan fingerprint density at radius 1 is 1.06 bits per heavy atom. The molecule has 1 atom stereocenters. The summed E-state index contributed by atoms with van der Waals surface area (Å²) in [6.07, 6.45) is -0.948. The van der Waals surface area contributed by atoms with Crippen LogP contribution in [0.15, 0.2) is 18.2 Å². The number of benzene rings is 1. The number of nitrogens with zero attached hydrogens (tertiary/aromatic N) is 1. The zero-order chi connectivity index (χ0) is 23.1. The van der Waals surface area contributed by atoms with Crippen LogP contribution in [0.2, 0.25) is 0 Å². The van der Waals surface area contributed by atoms with Gasteiger partial charge in [0.2, 0.25) is 11.8 Å². The second-order valence-corrected chi connectivity index (χ2v) is 7.06. The molecule has 1 saturated heterocycles. The number of fused-ring (bicyclic) bond motifs is 1. The van der Waals surface area contributed by atoms with Crippen molar-refractivity contribution in [2.24, 2.45) is 0 Å². The van der Waals surface area contributed by atoms with Crippen LogP contribution in [0.3, 0.4) is 0 Å². The fourth-order valence-electron chi connectivity index (χ4n) is 3.47. The zero-order valence-corrected chi connectivity index (χ0v) is 17.2. The first-order valence-electron chi connectivity index (χ1n) is 10.1. The maximum absolute atomic E-state index is 13.0. The molecule has 12 heteroatoms. The number of imide groups is 2. The molecule has 0 aliphatic carbocycles. The summed E-state index contributed by atoms with van der Waals surface area (Å²) in [5, 5.41) is 15.8. The third-order valence-electron chi connectivity index (χ3n) is 4.92. The predicted octanol–water partition coefficient (Wildman–Crippen LogP) is -0.199. The van der Waals surface area contributed by atoms with Gasteiger partial charge in [-0.1, -0.05) is 6.07 Å². The normalized spacial score (nSPS) is 17.9. The van der Waals surface area contributed by atoms with Gasteiger partial charge in [0, 0.05) is 25.2 Å². The van der Waals surface area contributed by atoms with E-state index in [4.69, 9.17) is 14.6 Å². The third-order valence-corrected chi connectivity index (χ3v) is 4.92. The van der Waals surface area contributed by atoms with Crippen molar-refractivity contribution in [1.29, 1.82) is 0 Å². The molecular formula is C20H24N4O8. The van der Waals surface area contributed by atoms with Crippen molar-refractivity contribution in [3.8, 4) is 0 Å². The maximum atomic E-state index is 13.0. The average Bonchev–Trinajstić information content (AvgIpc) is 3.00. The Hall–Kier alpha value is -3.51. The predicted molar refractivity (Wildman–Crippen MR) is 109 cm³/mol. The van der Waals surface area contributed by atoms with Crippen LogP contribution in [0.25, 0.3) is 0 Å². The molecule has 2 heterocycles. The fourth-order valence-corrected chi connectivity index (χ4v) is 3.47. The Kier molecular flexibility index (Phi) is 7.73. The quantitative estimate of drug-likeness (QED) is 0.265. The molecule has 0 spiro atoms. The highest BCUT2D eigenvalue weighted by Crippen LogP contribution is 2.32. The van der Waals surface area contributed by atoms with E-state index in [0.29, 0.717) is 32.1 Å². The van der Waals surface area contributed by atoms with Gasteiger partial charge in [0.25, 0.3) is 11.8 Å². The molecule has 3 rings (SSSR count). The van der Waals surface area contributed by atoms with Gasteiger partial charge < -0.3 is 25.2 Å². The van der Waals surface area contributed by atoms with E-state index in [1.54, 1.807) is 12.1 Å². The molecule has 2 aliphatic heterocycles. The van der Waals surface area contributed by atoms with Crippen molar-refractivity contribution in [1.82, 2.24) is 15.5 Å². The molecule has 5 amide bonds. The van der Waals surface area contributed by atoms with Gasteiger partial charge in [0.15, 0.2) is 0 Å². The molecule has 0 bridgehead atoms. The molecule has 4 N–H and O–H groups in total. The van der Waals surface area contributed by atoms with E-state index < -0.39 is 35.8 Å². The number of hydrogen-bond acceptors (Lipinski definition) is 8. The standard InChI is InChI=1S/C20H24N4O8/c25-15-5-4-14(17(26)23-15)24-18(27)12-2-1-3-13(16(12)19(24)28)21-6-8-31-10-11-32-9-7-22-20(29)30/h1-3,14,21-22H,4-11H2,(H,29,30)(H,23,25,26). The molecule has 2 aliphatic rings. The topological polar surface area (TPSA) is 163 Å². The Morgan fingerprint density at radius 2 is 1.78 bits per heavy atom. The zero-order valence-electron chi connectivity index (χ0n) is 17.2. The summed E-state index contributed by atoms with van der Waals surface area (Å²) < 4.78 is 10.6. The van der Waals surface area contributed by atoms with Crippen LogP contribution in [0.1, 0.15) is 33.6 Å². The maximum Gasteiger partial charge on any atom is 0.404 e. The number of ether oxygens (including phenoxy) is 2. The summed E-state index contributed by atoms with van der Waals surface area (Å²) in [5.74, 6) is -2.21. The smallest absolute Gasteiger partial charge is 0.404 e. The summed E-state index contributed by atoms with van der Waals surface area (Å²) in [6, 6.07) is 3.82. The Labute approximate surface area is 183 Å². The van der Waals surface area contributed by atoms with E-state index in [0.717, 1.165) is 4.90 Å². The van der Waals surface area contributed by atoms with Gasteiger partial charge >= 0.3 is 6.09 Å². The van der Waals surface area contributed by atoms with Gasteiger partial charge in [-0.2, -0.15) is 0 Å². The molecule has 1 unspecified atom stereocenters. The first-order valence-corrected chi connectivity index (χ1v) is 10.1. The number of carboxylic acid groups (broad SMARTS) is 1. The Bertz CT molecular complexity index is 919. The van der Waals surface area contributed by atoms with Crippen LogP contribution in [-0.2, 0) is 19.1 Å². The molecule has 0 saturated carbocycles. The van der Waals surface area contributed by atoms with Crippen molar-refractivity contribution < 1.29 is 38.6 Å². The Balaban J connectivity index is 1.48. The van der Waals surface area contributed by atoms with E-state index in [9.17, 15) is 24.0 Å². The second-order valence-electron chi connectivity index (χ2n) is 7.06. The van der Waals surface area contributed by atoms with Crippen LogP contribution in [0.4, 0.5) is 10.5 Å². The molecule has 1 aromatic rings. The lowest BCUT2D eigenvalue weighted by Crippen LogP contribution is -2.54. The number of rotatable bonds is 11. The molecular weight excluding hydrogens is 424 g/mol. The van der Waals surface area contributed by atoms with E-state index in [-0.39, 0.29) is 37.1 Å². The molecule has 172 valence electrons. The number of amides is 5. The van der Waals surface area contributed by atoms with Gasteiger partial charge in [-0.25, -0.2) is 4.79 Å². The minimum atomic E-state index is -1.11. The van der Waals surface area contributed by atoms with Crippen LogP contribution >= 0.6 is 0 Å². The Morgan fingerprint density at radius 3 is 2.47 bits per heavy atom. The van der Waals surface area contributed by atoms with Crippen molar-refractivity contribution in [2.75, 3.05) is 44.8 Å². The number of anilines is 1. The van der Waals surface area contributed by atoms with E-state index in [2.05, 4.69) is 16.0 Å². The van der Waals surface area contributed by atoms with Crippen LogP contribution < -0.4 is 16.0 Å². The lowest BCUT2D eigenvalue weighted by Gasteiger charge is -2.27. The summed E-state index contributed by atoms with van der Waals surface area (Å²) in [4.78, 5) is 60.5. The third kappa shape index (κ3) is 5.39. The molecule has 32 heavy (non-hydrogen) atoms. The van der Waals surface area contributed by atoms with Crippen molar-refractivity contribution >= 4 is 35.4 Å². The van der Waals surface area contributed by atoms with Gasteiger partial charge in [-0.3, -0.25) is 29.4 Å². The number of hydrogen-bond donors (Lipinski definition) is 4. The van der Waals surface area contributed by atoms with Crippen molar-refractivity contribution in [3.63, 3.8) is 0 Å². The minimum absolute atomic E-state index is 0.0616. The number of carbonyl (C=O) groups is 5. The molecule has 0 aromatic heterocycles. The second kappa shape index (κ2) is 10.7. The van der Waals surface area contributed by atoms with Crippen molar-refractivity contribution in [3.05, 3.63) is 29.3 Å². The lowest BCUT2D eigenvalue weighted by atomic mass is 10.0. The first-order chi connectivity index (χ1) is 15.4. The largest absolute Gasteiger partial charge is 0.465 e. The highest BCUT2D eigenvalue weighted by atomic mass is 16.5. The molecule has 1 aromatic carbocycles. The average molecular weight is 448 g/mol. The monoisotopic (exact) mass is 448 g/mol. The van der Waals surface area contributed by atoms with Crippen LogP contribution in [-0.4, -0.2) is 85.3 Å². The first kappa shape index (κ1) is 23.2. The highest BCUT2D eigenvalue weighted by Gasteiger charge is 2.45. The SMILES string of the molecule is O=C(O)NCCOCCOCCNc1cccc2c1C(=O)N(C1CCC(=O)NC1=O)C2=O. The highest BCUT2D eigenvalue weighted by molar-refractivity contribution is 6.25. The number of nitrogens with one attached hydrogen (secondary N) is 3. The molecule has 1 fully saturated rings. The summed E-state index contributed by atoms with van der Waals surface area (Å²) in [6.45, 7) is 1.71. The minimum Gasteiger partial charge on any atom is -0.465 e. The molecule has 12 nitrogen and oxygen atoms in total. The van der Waals surface area contributed by atoms with Gasteiger partial charge in [0.1, 0.15) is 6.04 Å². The number of carbonyl (C=O) groups excluding carboxylic acids is 4. The summed E-state index contributed by atoms with van der Waals surface area (Å²) >= 11 is 0. The van der Waals surface area contributed by atoms with E-state index in [1.807, 2.05) is 0 Å². The van der Waals surface area contributed by atoms with Crippen LogP contribution in [0.5, 0.6) is 0 Å². The van der Waals surface area contributed by atoms with E-state index >= 15 is 0 Å². The summed E-state index contributed by atoms with van der Waals surface area (Å²) in [7, 11) is 0. The lowest BCUT2D eigenvalue weighted by molar-refractivity contribution is -0.136. The molecule has 0 radical (unpaired) electrons. The van der Waals surface area contributed by atoms with Gasteiger partial charge in [0.05, 0.1) is 37.6 Å². The van der Waals surface area contributed by atoms with Gasteiger partial charge in [-0.05, 0) is 18.6 Å².